The van der Waals surface area contributed by atoms with E-state index < -0.39 is 12.1 Å². The molecule has 1 aromatic rings. The van der Waals surface area contributed by atoms with E-state index in [0.717, 1.165) is 25.6 Å². The molecular formula is C18H23F3N2O2. The normalized spacial score (nSPS) is 25.8. The van der Waals surface area contributed by atoms with Crippen LogP contribution in [0.25, 0.3) is 0 Å². The fourth-order valence-electron chi connectivity index (χ4n) is 3.50. The summed E-state index contributed by atoms with van der Waals surface area (Å²) in [5.41, 5.74) is 1.44. The largest absolute Gasteiger partial charge is 0.490 e. The molecule has 138 valence electrons. The van der Waals surface area contributed by atoms with Gasteiger partial charge in [0.1, 0.15) is 0 Å². The first-order chi connectivity index (χ1) is 11.8. The maximum absolute atomic E-state index is 10.6. The predicted molar refractivity (Wildman–Crippen MR) is 89.1 cm³/mol. The van der Waals surface area contributed by atoms with Crippen molar-refractivity contribution in [2.75, 3.05) is 6.54 Å². The highest BCUT2D eigenvalue weighted by atomic mass is 19.4. The molecule has 2 heterocycles. The molecule has 1 aromatic carbocycles. The van der Waals surface area contributed by atoms with E-state index in [4.69, 9.17) is 9.90 Å². The third-order valence-corrected chi connectivity index (χ3v) is 4.64. The maximum atomic E-state index is 10.6. The number of alkyl halides is 3. The lowest BCUT2D eigenvalue weighted by atomic mass is 10.0. The number of aliphatic carboxylic acids is 1. The van der Waals surface area contributed by atoms with Gasteiger partial charge in [-0.3, -0.25) is 4.90 Å². The number of hydrogen-bond donors (Lipinski definition) is 2. The summed E-state index contributed by atoms with van der Waals surface area (Å²) in [5.74, 6) is -2.76. The molecule has 3 atom stereocenters. The molecule has 2 bridgehead atoms. The number of carboxylic acids is 1. The fraction of sp³-hybridized carbons (Fsp3) is 0.500. The van der Waals surface area contributed by atoms with Crippen LogP contribution in [0.15, 0.2) is 43.0 Å². The zero-order chi connectivity index (χ0) is 18.4. The zero-order valence-electron chi connectivity index (χ0n) is 13.9. The van der Waals surface area contributed by atoms with Crippen molar-refractivity contribution in [3.8, 4) is 0 Å². The second kappa shape index (κ2) is 8.49. The molecule has 0 aliphatic carbocycles. The molecule has 2 saturated heterocycles. The van der Waals surface area contributed by atoms with Gasteiger partial charge in [0.25, 0.3) is 0 Å². The maximum Gasteiger partial charge on any atom is 0.490 e. The van der Waals surface area contributed by atoms with Gasteiger partial charge < -0.3 is 10.4 Å². The smallest absolute Gasteiger partial charge is 0.475 e. The summed E-state index contributed by atoms with van der Waals surface area (Å²) in [6.07, 6.45) is 0.737. The number of hydrogen-bond acceptors (Lipinski definition) is 3. The molecular weight excluding hydrogens is 333 g/mol. The molecule has 0 spiro atoms. The first-order valence-electron chi connectivity index (χ1n) is 8.27. The first kappa shape index (κ1) is 19.5. The molecule has 2 N–H and O–H groups in total. The molecule has 2 fully saturated rings. The van der Waals surface area contributed by atoms with E-state index in [1.54, 1.807) is 0 Å². The SMILES string of the molecule is C=CC[C@H]1NC[C@@H]2CCC1N2Cc1ccccc1.O=C(O)C(F)(F)F. The van der Waals surface area contributed by atoms with Crippen LogP contribution in [0.2, 0.25) is 0 Å². The van der Waals surface area contributed by atoms with Crippen molar-refractivity contribution in [2.24, 2.45) is 0 Å². The van der Waals surface area contributed by atoms with Crippen LogP contribution in [0, 0.1) is 0 Å². The highest BCUT2D eigenvalue weighted by Gasteiger charge is 2.41. The zero-order valence-corrected chi connectivity index (χ0v) is 13.9. The Balaban J connectivity index is 0.000000277. The van der Waals surface area contributed by atoms with Gasteiger partial charge in [-0.05, 0) is 24.8 Å². The Bertz CT molecular complexity index is 577. The van der Waals surface area contributed by atoms with Gasteiger partial charge >= 0.3 is 12.1 Å². The molecule has 4 nitrogen and oxygen atoms in total. The number of carboxylic acid groups (broad SMARTS) is 1. The molecule has 2 aliphatic rings. The lowest BCUT2D eigenvalue weighted by molar-refractivity contribution is -0.192. The van der Waals surface area contributed by atoms with Gasteiger partial charge in [-0.2, -0.15) is 13.2 Å². The average molecular weight is 356 g/mol. The van der Waals surface area contributed by atoms with E-state index in [2.05, 4.69) is 53.2 Å². The molecule has 0 aromatic heterocycles. The Morgan fingerprint density at radius 1 is 1.32 bits per heavy atom. The number of nitrogens with one attached hydrogen (secondary N) is 1. The summed E-state index contributed by atoms with van der Waals surface area (Å²) in [4.78, 5) is 11.6. The van der Waals surface area contributed by atoms with Crippen LogP contribution in [0.3, 0.4) is 0 Å². The average Bonchev–Trinajstić information content (AvgIpc) is 2.82. The molecule has 25 heavy (non-hydrogen) atoms. The second-order valence-corrected chi connectivity index (χ2v) is 6.30. The Morgan fingerprint density at radius 2 is 1.96 bits per heavy atom. The van der Waals surface area contributed by atoms with E-state index in [-0.39, 0.29) is 0 Å². The third kappa shape index (κ3) is 5.31. The predicted octanol–water partition coefficient (Wildman–Crippen LogP) is 3.20. The minimum atomic E-state index is -5.08. The van der Waals surface area contributed by atoms with Crippen LogP contribution < -0.4 is 5.32 Å². The van der Waals surface area contributed by atoms with Gasteiger partial charge in [-0.1, -0.05) is 36.4 Å². The molecule has 7 heteroatoms. The standard InChI is InChI=1S/C16H22N2.C2HF3O2/c1-2-6-15-16-10-9-14(11-17-15)18(16)12-13-7-4-3-5-8-13;3-2(4,5)1(6)7/h2-5,7-8,14-17H,1,6,9-12H2;(H,6,7)/t14-,15+,16?;/m0./s1. The Kier molecular flexibility index (Phi) is 6.61. The Morgan fingerprint density at radius 3 is 2.52 bits per heavy atom. The molecule has 0 radical (unpaired) electrons. The van der Waals surface area contributed by atoms with E-state index >= 15 is 0 Å². The van der Waals surface area contributed by atoms with Crippen molar-refractivity contribution in [2.45, 2.75) is 50.1 Å². The minimum Gasteiger partial charge on any atom is -0.475 e. The summed E-state index contributed by atoms with van der Waals surface area (Å²) < 4.78 is 31.7. The lowest BCUT2D eigenvalue weighted by Gasteiger charge is -2.40. The Labute approximate surface area is 145 Å². The number of piperazine rings is 1. The summed E-state index contributed by atoms with van der Waals surface area (Å²) >= 11 is 0. The lowest BCUT2D eigenvalue weighted by Crippen LogP contribution is -2.57. The second-order valence-electron chi connectivity index (χ2n) is 6.30. The Hall–Kier alpha value is -1.86. The van der Waals surface area contributed by atoms with Crippen molar-refractivity contribution in [3.63, 3.8) is 0 Å². The molecule has 2 aliphatic heterocycles. The van der Waals surface area contributed by atoms with Crippen molar-refractivity contribution in [3.05, 3.63) is 48.6 Å². The topological polar surface area (TPSA) is 52.6 Å². The number of fused-ring (bicyclic) bond motifs is 2. The van der Waals surface area contributed by atoms with E-state index in [1.807, 2.05) is 0 Å². The van der Waals surface area contributed by atoms with Gasteiger partial charge in [0.05, 0.1) is 0 Å². The first-order valence-corrected chi connectivity index (χ1v) is 8.27. The van der Waals surface area contributed by atoms with Crippen LogP contribution in [-0.2, 0) is 11.3 Å². The van der Waals surface area contributed by atoms with Gasteiger partial charge in [0.15, 0.2) is 0 Å². The van der Waals surface area contributed by atoms with Crippen LogP contribution >= 0.6 is 0 Å². The highest BCUT2D eigenvalue weighted by molar-refractivity contribution is 5.73. The van der Waals surface area contributed by atoms with Crippen molar-refractivity contribution < 1.29 is 23.1 Å². The van der Waals surface area contributed by atoms with Gasteiger partial charge in [-0.25, -0.2) is 4.79 Å². The number of benzene rings is 1. The van der Waals surface area contributed by atoms with Gasteiger partial charge in [0.2, 0.25) is 0 Å². The summed E-state index contributed by atoms with van der Waals surface area (Å²) in [5, 5.41) is 10.8. The van der Waals surface area contributed by atoms with Crippen LogP contribution in [0.5, 0.6) is 0 Å². The van der Waals surface area contributed by atoms with E-state index in [9.17, 15) is 13.2 Å². The van der Waals surface area contributed by atoms with E-state index in [1.165, 1.54) is 18.4 Å². The molecule has 0 amide bonds. The summed E-state index contributed by atoms with van der Waals surface area (Å²) in [7, 11) is 0. The van der Waals surface area contributed by atoms with Crippen LogP contribution in [0.1, 0.15) is 24.8 Å². The number of carbonyl (C=O) groups is 1. The number of rotatable bonds is 4. The number of halogens is 3. The quantitative estimate of drug-likeness (QED) is 0.814. The summed E-state index contributed by atoms with van der Waals surface area (Å²) in [6, 6.07) is 12.9. The molecule has 0 saturated carbocycles. The highest BCUT2D eigenvalue weighted by Crippen LogP contribution is 2.32. The monoisotopic (exact) mass is 356 g/mol. The minimum absolute atomic E-state index is 0.602. The van der Waals surface area contributed by atoms with Crippen molar-refractivity contribution in [1.82, 2.24) is 10.2 Å². The van der Waals surface area contributed by atoms with Gasteiger partial charge in [0, 0.05) is 31.2 Å². The van der Waals surface area contributed by atoms with Crippen LogP contribution in [-0.4, -0.2) is 46.8 Å². The summed E-state index contributed by atoms with van der Waals surface area (Å²) in [6.45, 7) is 6.13. The van der Waals surface area contributed by atoms with Crippen molar-refractivity contribution >= 4 is 5.97 Å². The number of nitrogens with zero attached hydrogens (tertiary/aromatic N) is 1. The van der Waals surface area contributed by atoms with Gasteiger partial charge in [-0.15, -0.1) is 6.58 Å². The fourth-order valence-corrected chi connectivity index (χ4v) is 3.50. The van der Waals surface area contributed by atoms with E-state index in [0.29, 0.717) is 12.1 Å². The van der Waals surface area contributed by atoms with Crippen molar-refractivity contribution in [1.29, 1.82) is 0 Å². The van der Waals surface area contributed by atoms with Crippen LogP contribution in [0.4, 0.5) is 13.2 Å². The molecule has 1 unspecified atom stereocenters. The third-order valence-electron chi connectivity index (χ3n) is 4.64. The molecule has 3 rings (SSSR count).